The Labute approximate surface area is 94.5 Å². The summed E-state index contributed by atoms with van der Waals surface area (Å²) in [6.07, 6.45) is 6.61. The summed E-state index contributed by atoms with van der Waals surface area (Å²) in [4.78, 5) is 11.0. The molecule has 5 heteroatoms. The maximum atomic E-state index is 11.0. The zero-order valence-electron chi connectivity index (χ0n) is 9.45. The molecule has 1 aromatic heterocycles. The minimum atomic E-state index is -0.968. The molecule has 0 bridgehead atoms. The van der Waals surface area contributed by atoms with E-state index in [0.717, 1.165) is 6.42 Å². The van der Waals surface area contributed by atoms with Gasteiger partial charge in [0.05, 0.1) is 5.69 Å². The summed E-state index contributed by atoms with van der Waals surface area (Å²) in [5.41, 5.74) is 0.734. The van der Waals surface area contributed by atoms with Crippen LogP contribution >= 0.6 is 0 Å². The summed E-state index contributed by atoms with van der Waals surface area (Å²) in [5, 5.41) is 16.1. The lowest BCUT2D eigenvalue weighted by atomic mass is 10.2. The van der Waals surface area contributed by atoms with Gasteiger partial charge in [0.25, 0.3) is 0 Å². The van der Waals surface area contributed by atoms with Gasteiger partial charge in [-0.15, -0.1) is 12.3 Å². The van der Waals surface area contributed by atoms with Gasteiger partial charge in [-0.05, 0) is 13.3 Å². The summed E-state index contributed by atoms with van der Waals surface area (Å²) in [6.45, 7) is 2.32. The monoisotopic (exact) mass is 221 g/mol. The van der Waals surface area contributed by atoms with Gasteiger partial charge in [-0.3, -0.25) is 4.68 Å². The standard InChI is InChI=1S/C11H15N3O2/c1-4-5-6-7-12-10-9(11(15)16)8(2)13-14(10)3/h1,12H,5-7H2,2-3H3,(H,15,16). The highest BCUT2D eigenvalue weighted by Gasteiger charge is 2.18. The predicted octanol–water partition coefficient (Wildman–Crippen LogP) is 1.25. The van der Waals surface area contributed by atoms with Gasteiger partial charge < -0.3 is 10.4 Å². The predicted molar refractivity (Wildman–Crippen MR) is 61.5 cm³/mol. The molecule has 0 unspecified atom stereocenters. The third-order valence-corrected chi connectivity index (χ3v) is 2.23. The highest BCUT2D eigenvalue weighted by molar-refractivity contribution is 5.94. The van der Waals surface area contributed by atoms with E-state index in [4.69, 9.17) is 11.5 Å². The van der Waals surface area contributed by atoms with Crippen molar-refractivity contribution in [1.82, 2.24) is 9.78 Å². The Morgan fingerprint density at radius 3 is 2.94 bits per heavy atom. The van der Waals surface area contributed by atoms with Crippen molar-refractivity contribution in [3.8, 4) is 12.3 Å². The number of nitrogens with zero attached hydrogens (tertiary/aromatic N) is 2. The fraction of sp³-hybridized carbons (Fsp3) is 0.455. The van der Waals surface area contributed by atoms with E-state index in [1.165, 1.54) is 4.68 Å². The van der Waals surface area contributed by atoms with Crippen LogP contribution in [0.15, 0.2) is 0 Å². The van der Waals surface area contributed by atoms with Gasteiger partial charge >= 0.3 is 5.97 Å². The van der Waals surface area contributed by atoms with Crippen molar-refractivity contribution in [2.24, 2.45) is 7.05 Å². The van der Waals surface area contributed by atoms with Crippen LogP contribution in [0.5, 0.6) is 0 Å². The lowest BCUT2D eigenvalue weighted by molar-refractivity contribution is 0.0697. The Hall–Kier alpha value is -1.96. The molecule has 0 aliphatic rings. The molecule has 16 heavy (non-hydrogen) atoms. The fourth-order valence-corrected chi connectivity index (χ4v) is 1.51. The quantitative estimate of drug-likeness (QED) is 0.580. The highest BCUT2D eigenvalue weighted by Crippen LogP contribution is 2.18. The van der Waals surface area contributed by atoms with Gasteiger partial charge in [0.1, 0.15) is 11.4 Å². The van der Waals surface area contributed by atoms with Crippen molar-refractivity contribution in [3.05, 3.63) is 11.3 Å². The topological polar surface area (TPSA) is 67.2 Å². The fourth-order valence-electron chi connectivity index (χ4n) is 1.51. The van der Waals surface area contributed by atoms with Gasteiger partial charge in [0.15, 0.2) is 0 Å². The average Bonchev–Trinajstić information content (AvgIpc) is 2.48. The molecule has 1 rings (SSSR count). The third kappa shape index (κ3) is 2.54. The average molecular weight is 221 g/mol. The molecule has 0 atom stereocenters. The number of nitrogens with one attached hydrogen (secondary N) is 1. The summed E-state index contributed by atoms with van der Waals surface area (Å²) in [6, 6.07) is 0. The second kappa shape index (κ2) is 5.21. The minimum Gasteiger partial charge on any atom is -0.477 e. The molecule has 0 spiro atoms. The molecule has 86 valence electrons. The Kier molecular flexibility index (Phi) is 3.95. The molecule has 5 nitrogen and oxygen atoms in total. The van der Waals surface area contributed by atoms with Crippen LogP contribution in [0.4, 0.5) is 5.82 Å². The van der Waals surface area contributed by atoms with Crippen molar-refractivity contribution in [2.45, 2.75) is 19.8 Å². The second-order valence-electron chi connectivity index (χ2n) is 3.47. The molecular weight excluding hydrogens is 206 g/mol. The normalized spacial score (nSPS) is 9.81. The Balaban J connectivity index is 2.79. The molecule has 0 saturated carbocycles. The molecule has 0 aliphatic heterocycles. The van der Waals surface area contributed by atoms with Crippen LogP contribution in [0.2, 0.25) is 0 Å². The number of carbonyl (C=O) groups is 1. The van der Waals surface area contributed by atoms with Gasteiger partial charge in [-0.1, -0.05) is 0 Å². The Bertz CT molecular complexity index is 429. The number of hydrogen-bond acceptors (Lipinski definition) is 3. The van der Waals surface area contributed by atoms with E-state index in [9.17, 15) is 4.79 Å². The highest BCUT2D eigenvalue weighted by atomic mass is 16.4. The number of aromatic carboxylic acids is 1. The van der Waals surface area contributed by atoms with E-state index in [2.05, 4.69) is 16.3 Å². The van der Waals surface area contributed by atoms with Crippen molar-refractivity contribution >= 4 is 11.8 Å². The van der Waals surface area contributed by atoms with E-state index in [0.29, 0.717) is 24.5 Å². The zero-order valence-corrected chi connectivity index (χ0v) is 9.45. The van der Waals surface area contributed by atoms with E-state index in [1.807, 2.05) is 0 Å². The molecule has 0 radical (unpaired) electrons. The first-order valence-corrected chi connectivity index (χ1v) is 5.02. The summed E-state index contributed by atoms with van der Waals surface area (Å²) >= 11 is 0. The van der Waals surface area contributed by atoms with Gasteiger partial charge in [0, 0.05) is 20.0 Å². The summed E-state index contributed by atoms with van der Waals surface area (Å²) in [7, 11) is 1.71. The molecule has 0 aliphatic carbocycles. The minimum absolute atomic E-state index is 0.225. The van der Waals surface area contributed by atoms with Crippen LogP contribution in [-0.2, 0) is 7.05 Å². The molecule has 0 amide bonds. The number of carboxylic acid groups (broad SMARTS) is 1. The largest absolute Gasteiger partial charge is 0.477 e. The number of hydrogen-bond donors (Lipinski definition) is 2. The molecular formula is C11H15N3O2. The van der Waals surface area contributed by atoms with E-state index in [1.54, 1.807) is 14.0 Å². The number of aryl methyl sites for hydroxylation is 2. The second-order valence-corrected chi connectivity index (χ2v) is 3.47. The molecule has 1 heterocycles. The van der Waals surface area contributed by atoms with Gasteiger partial charge in [-0.25, -0.2) is 4.79 Å². The van der Waals surface area contributed by atoms with Crippen LogP contribution < -0.4 is 5.32 Å². The van der Waals surface area contributed by atoms with Crippen LogP contribution in [0, 0.1) is 19.3 Å². The molecule has 2 N–H and O–H groups in total. The van der Waals surface area contributed by atoms with E-state index in [-0.39, 0.29) is 5.56 Å². The maximum absolute atomic E-state index is 11.0. The number of rotatable bonds is 5. The smallest absolute Gasteiger partial charge is 0.341 e. The Morgan fingerprint density at radius 1 is 1.69 bits per heavy atom. The van der Waals surface area contributed by atoms with Gasteiger partial charge in [-0.2, -0.15) is 5.10 Å². The summed E-state index contributed by atoms with van der Waals surface area (Å²) < 4.78 is 1.54. The van der Waals surface area contributed by atoms with Gasteiger partial charge in [0.2, 0.25) is 0 Å². The van der Waals surface area contributed by atoms with E-state index < -0.39 is 5.97 Å². The third-order valence-electron chi connectivity index (χ3n) is 2.23. The van der Waals surface area contributed by atoms with Crippen molar-refractivity contribution in [2.75, 3.05) is 11.9 Å². The van der Waals surface area contributed by atoms with Crippen LogP contribution in [0.25, 0.3) is 0 Å². The maximum Gasteiger partial charge on any atom is 0.341 e. The lowest BCUT2D eigenvalue weighted by Crippen LogP contribution is -2.10. The van der Waals surface area contributed by atoms with Crippen molar-refractivity contribution in [3.63, 3.8) is 0 Å². The lowest BCUT2D eigenvalue weighted by Gasteiger charge is -2.06. The first-order valence-electron chi connectivity index (χ1n) is 5.02. The molecule has 0 saturated heterocycles. The number of unbranched alkanes of at least 4 members (excludes halogenated alkanes) is 1. The van der Waals surface area contributed by atoms with Crippen LogP contribution in [0.1, 0.15) is 28.9 Å². The summed E-state index contributed by atoms with van der Waals surface area (Å²) in [5.74, 6) is 2.09. The molecule has 1 aromatic rings. The number of anilines is 1. The first kappa shape index (κ1) is 12.1. The zero-order chi connectivity index (χ0) is 12.1. The molecule has 0 fully saturated rings. The number of carboxylic acids is 1. The Morgan fingerprint density at radius 2 is 2.38 bits per heavy atom. The number of terminal acetylenes is 1. The first-order chi connectivity index (χ1) is 7.57. The van der Waals surface area contributed by atoms with E-state index >= 15 is 0 Å². The van der Waals surface area contributed by atoms with Crippen LogP contribution in [0.3, 0.4) is 0 Å². The van der Waals surface area contributed by atoms with Crippen molar-refractivity contribution < 1.29 is 9.90 Å². The van der Waals surface area contributed by atoms with Crippen LogP contribution in [-0.4, -0.2) is 27.4 Å². The van der Waals surface area contributed by atoms with Crippen molar-refractivity contribution in [1.29, 1.82) is 0 Å². The molecule has 0 aromatic carbocycles. The number of aromatic nitrogens is 2. The SMILES string of the molecule is C#CCCCNc1c(C(=O)O)c(C)nn1C.